The van der Waals surface area contributed by atoms with Gasteiger partial charge in [-0.1, -0.05) is 13.8 Å². The fourth-order valence-corrected chi connectivity index (χ4v) is 4.17. The van der Waals surface area contributed by atoms with Crippen LogP contribution in [0.25, 0.3) is 11.1 Å². The maximum Gasteiger partial charge on any atom is 0.258 e. The Balaban J connectivity index is 1.52. The van der Waals surface area contributed by atoms with Gasteiger partial charge in [0.05, 0.1) is 30.3 Å². The molecule has 9 nitrogen and oxygen atoms in total. The van der Waals surface area contributed by atoms with Crippen LogP contribution in [0.15, 0.2) is 10.7 Å². The number of hydrogen-bond donors (Lipinski definition) is 1. The molecule has 1 N–H and O–H groups in total. The van der Waals surface area contributed by atoms with E-state index in [2.05, 4.69) is 27.2 Å². The van der Waals surface area contributed by atoms with Crippen LogP contribution in [0.3, 0.4) is 0 Å². The fourth-order valence-electron chi connectivity index (χ4n) is 4.17. The first kappa shape index (κ1) is 20.7. The highest BCUT2D eigenvalue weighted by Crippen LogP contribution is 2.40. The zero-order valence-corrected chi connectivity index (χ0v) is 19.2. The van der Waals surface area contributed by atoms with E-state index in [1.165, 1.54) is 6.33 Å². The fraction of sp³-hybridized carbons (Fsp3) is 0.522. The molecule has 3 aromatic rings. The van der Waals surface area contributed by atoms with Crippen molar-refractivity contribution in [2.24, 2.45) is 0 Å². The van der Waals surface area contributed by atoms with Crippen LogP contribution in [-0.2, 0) is 13.0 Å². The maximum absolute atomic E-state index is 13.7. The number of nitrogens with one attached hydrogen (secondary N) is 1. The second kappa shape index (κ2) is 7.43. The van der Waals surface area contributed by atoms with Gasteiger partial charge in [0.15, 0.2) is 0 Å². The second-order valence-electron chi connectivity index (χ2n) is 9.27. The predicted octanol–water partition coefficient (Wildman–Crippen LogP) is 3.62. The largest absolute Gasteiger partial charge is 0.481 e. The van der Waals surface area contributed by atoms with Crippen molar-refractivity contribution >= 4 is 22.8 Å². The average Bonchev–Trinajstić information content (AvgIpc) is 3.39. The molecule has 9 heteroatoms. The quantitative estimate of drug-likeness (QED) is 0.646. The van der Waals surface area contributed by atoms with Crippen molar-refractivity contribution in [3.05, 3.63) is 34.7 Å². The molecule has 3 aromatic heterocycles. The van der Waals surface area contributed by atoms with E-state index in [0.29, 0.717) is 53.6 Å². The molecule has 0 aromatic carbocycles. The van der Waals surface area contributed by atoms with E-state index in [1.807, 2.05) is 18.7 Å². The Morgan fingerprint density at radius 3 is 2.75 bits per heavy atom. The van der Waals surface area contributed by atoms with E-state index in [0.717, 1.165) is 29.9 Å². The minimum atomic E-state index is -0.102. The summed E-state index contributed by atoms with van der Waals surface area (Å²) in [5.41, 5.74) is 2.77. The molecule has 0 bridgehead atoms. The number of aryl methyl sites for hydroxylation is 1. The highest BCUT2D eigenvalue weighted by molar-refractivity contribution is 6.10. The van der Waals surface area contributed by atoms with Gasteiger partial charge in [-0.05, 0) is 33.1 Å². The normalized spacial score (nSPS) is 16.9. The number of furan rings is 1. The molecule has 0 radical (unpaired) electrons. The molecule has 2 aliphatic rings. The number of aromatic nitrogens is 4. The molecule has 0 unspecified atom stereocenters. The number of carbonyl (C=O) groups excluding carboxylic acids is 1. The van der Waals surface area contributed by atoms with Crippen LogP contribution in [0.2, 0.25) is 0 Å². The van der Waals surface area contributed by atoms with Crippen LogP contribution in [0, 0.1) is 6.92 Å². The molecule has 1 saturated carbocycles. The summed E-state index contributed by atoms with van der Waals surface area (Å²) in [7, 11) is 1.63. The summed E-state index contributed by atoms with van der Waals surface area (Å²) < 4.78 is 11.4. The molecule has 5 rings (SSSR count). The number of amides is 1. The lowest BCUT2D eigenvalue weighted by Gasteiger charge is -2.29. The second-order valence-corrected chi connectivity index (χ2v) is 9.27. The Labute approximate surface area is 186 Å². The van der Waals surface area contributed by atoms with Crippen LogP contribution in [0.4, 0.5) is 5.82 Å². The van der Waals surface area contributed by atoms with Gasteiger partial charge < -0.3 is 19.4 Å². The SMILES string of the molecule is COc1nc(C(C)C)nc2c1CCN(C(=O)c1c(C)oc3ncnc(NC4(C)CC4)c13)C2. The Morgan fingerprint density at radius 2 is 2.06 bits per heavy atom. The number of hydrogen-bond acceptors (Lipinski definition) is 8. The molecule has 1 fully saturated rings. The molecule has 32 heavy (non-hydrogen) atoms. The van der Waals surface area contributed by atoms with E-state index < -0.39 is 0 Å². The Hall–Kier alpha value is -3.23. The molecule has 0 atom stereocenters. The Kier molecular flexibility index (Phi) is 4.79. The van der Waals surface area contributed by atoms with E-state index in [1.54, 1.807) is 14.0 Å². The lowest BCUT2D eigenvalue weighted by Crippen LogP contribution is -2.37. The van der Waals surface area contributed by atoms with Gasteiger partial charge in [-0.25, -0.2) is 15.0 Å². The van der Waals surface area contributed by atoms with Gasteiger partial charge >= 0.3 is 0 Å². The number of carbonyl (C=O) groups is 1. The molecular weight excluding hydrogens is 408 g/mol. The van der Waals surface area contributed by atoms with Crippen molar-refractivity contribution in [1.29, 1.82) is 0 Å². The van der Waals surface area contributed by atoms with Crippen molar-refractivity contribution in [1.82, 2.24) is 24.8 Å². The van der Waals surface area contributed by atoms with Crippen LogP contribution < -0.4 is 10.1 Å². The van der Waals surface area contributed by atoms with Gasteiger partial charge in [0.2, 0.25) is 11.6 Å². The van der Waals surface area contributed by atoms with Crippen molar-refractivity contribution in [3.8, 4) is 5.88 Å². The van der Waals surface area contributed by atoms with Gasteiger partial charge in [0.1, 0.15) is 23.7 Å². The first-order valence-electron chi connectivity index (χ1n) is 11.0. The van der Waals surface area contributed by atoms with Gasteiger partial charge in [-0.2, -0.15) is 4.98 Å². The van der Waals surface area contributed by atoms with E-state index in [-0.39, 0.29) is 17.4 Å². The third-order valence-electron chi connectivity index (χ3n) is 6.34. The number of anilines is 1. The summed E-state index contributed by atoms with van der Waals surface area (Å²) in [6.07, 6.45) is 4.25. The van der Waals surface area contributed by atoms with E-state index in [9.17, 15) is 4.79 Å². The van der Waals surface area contributed by atoms with E-state index >= 15 is 0 Å². The highest BCUT2D eigenvalue weighted by atomic mass is 16.5. The van der Waals surface area contributed by atoms with Gasteiger partial charge in [0, 0.05) is 23.6 Å². The van der Waals surface area contributed by atoms with Crippen LogP contribution in [0.1, 0.15) is 72.7 Å². The summed E-state index contributed by atoms with van der Waals surface area (Å²) in [5.74, 6) is 2.58. The lowest BCUT2D eigenvalue weighted by molar-refractivity contribution is 0.0730. The third kappa shape index (κ3) is 3.45. The molecule has 4 heterocycles. The van der Waals surface area contributed by atoms with Crippen LogP contribution in [-0.4, -0.2) is 49.9 Å². The molecule has 0 spiro atoms. The molecule has 0 saturated heterocycles. The van der Waals surface area contributed by atoms with Crippen molar-refractivity contribution in [2.45, 2.75) is 65.0 Å². The number of nitrogens with zero attached hydrogens (tertiary/aromatic N) is 5. The number of fused-ring (bicyclic) bond motifs is 2. The van der Waals surface area contributed by atoms with Gasteiger partial charge in [-0.3, -0.25) is 4.79 Å². The van der Waals surface area contributed by atoms with Crippen molar-refractivity contribution in [2.75, 3.05) is 19.0 Å². The first-order chi connectivity index (χ1) is 15.3. The monoisotopic (exact) mass is 436 g/mol. The standard InChI is InChI=1S/C23H28N6O3/c1-12(2)18-26-15-10-29(9-6-14(15)20(27-18)31-5)22(30)16-13(3)32-21-17(16)19(24-11-25-21)28-23(4)7-8-23/h11-12H,6-10H2,1-5H3,(H,24,25,28). The summed E-state index contributed by atoms with van der Waals surface area (Å²) in [6, 6.07) is 0. The maximum atomic E-state index is 13.7. The summed E-state index contributed by atoms with van der Waals surface area (Å²) in [6.45, 7) is 8.99. The highest BCUT2D eigenvalue weighted by Gasteiger charge is 2.39. The Morgan fingerprint density at radius 1 is 1.28 bits per heavy atom. The predicted molar refractivity (Wildman–Crippen MR) is 119 cm³/mol. The molecule has 1 amide bonds. The first-order valence-corrected chi connectivity index (χ1v) is 11.0. The summed E-state index contributed by atoms with van der Waals surface area (Å²) >= 11 is 0. The zero-order valence-electron chi connectivity index (χ0n) is 19.2. The molecule has 1 aliphatic heterocycles. The topological polar surface area (TPSA) is 106 Å². The van der Waals surface area contributed by atoms with Gasteiger partial charge in [0.25, 0.3) is 5.91 Å². The smallest absolute Gasteiger partial charge is 0.258 e. The number of ether oxygens (including phenoxy) is 1. The minimum absolute atomic E-state index is 0.0115. The molecular formula is C23H28N6O3. The summed E-state index contributed by atoms with van der Waals surface area (Å²) in [4.78, 5) is 33.5. The Bertz CT molecular complexity index is 1210. The lowest BCUT2D eigenvalue weighted by atomic mass is 10.0. The van der Waals surface area contributed by atoms with Crippen LogP contribution in [0.5, 0.6) is 5.88 Å². The van der Waals surface area contributed by atoms with E-state index in [4.69, 9.17) is 14.1 Å². The van der Waals surface area contributed by atoms with Crippen LogP contribution >= 0.6 is 0 Å². The van der Waals surface area contributed by atoms with Crippen molar-refractivity contribution < 1.29 is 13.9 Å². The average molecular weight is 437 g/mol. The molecule has 1 aliphatic carbocycles. The summed E-state index contributed by atoms with van der Waals surface area (Å²) in [5, 5.41) is 4.13. The zero-order chi connectivity index (χ0) is 22.6. The molecule has 168 valence electrons. The number of rotatable bonds is 5. The van der Waals surface area contributed by atoms with Gasteiger partial charge in [-0.15, -0.1) is 0 Å². The van der Waals surface area contributed by atoms with Crippen molar-refractivity contribution in [3.63, 3.8) is 0 Å². The third-order valence-corrected chi connectivity index (χ3v) is 6.34. The minimum Gasteiger partial charge on any atom is -0.481 e. The number of methoxy groups -OCH3 is 1.